The summed E-state index contributed by atoms with van der Waals surface area (Å²) in [6.45, 7) is 1.50. The summed E-state index contributed by atoms with van der Waals surface area (Å²) in [6.07, 6.45) is 2.43. The second kappa shape index (κ2) is 8.53. The third-order valence-electron chi connectivity index (χ3n) is 6.71. The highest BCUT2D eigenvalue weighted by molar-refractivity contribution is 7.18. The summed E-state index contributed by atoms with van der Waals surface area (Å²) in [5.74, 6) is -3.42. The first-order chi connectivity index (χ1) is 17.1. The molecule has 1 aromatic carbocycles. The second-order valence-electron chi connectivity index (χ2n) is 8.75. The minimum atomic E-state index is -1.28. The summed E-state index contributed by atoms with van der Waals surface area (Å²) in [5.41, 5.74) is 1.09. The number of nitro benzene ring substituents is 1. The largest absolute Gasteiger partial charge is 0.477 e. The van der Waals surface area contributed by atoms with Crippen LogP contribution >= 0.6 is 11.3 Å². The summed E-state index contributed by atoms with van der Waals surface area (Å²) >= 11 is 1.18. The Kier molecular flexibility index (Phi) is 5.60. The molecule has 2 aliphatic heterocycles. The molecule has 1 unspecified atom stereocenters. The lowest BCUT2D eigenvalue weighted by atomic mass is 9.74. The first-order valence-electron chi connectivity index (χ1n) is 11.0. The van der Waals surface area contributed by atoms with Gasteiger partial charge in [0.2, 0.25) is 5.91 Å². The zero-order valence-electron chi connectivity index (χ0n) is 19.1. The molecule has 2 aliphatic rings. The van der Waals surface area contributed by atoms with E-state index >= 15 is 0 Å². The Balaban J connectivity index is 1.64. The number of nitrogens with zero attached hydrogens (tertiary/aromatic N) is 4. The smallest absolute Gasteiger partial charge is 0.352 e. The molecule has 13 heteroatoms. The number of carboxylic acids is 1. The third-order valence-corrected chi connectivity index (χ3v) is 7.85. The second-order valence-corrected chi connectivity index (χ2v) is 9.78. The number of aliphatic hydroxyl groups is 1. The Hall–Kier alpha value is -4.10. The van der Waals surface area contributed by atoms with E-state index in [4.69, 9.17) is 0 Å². The predicted molar refractivity (Wildman–Crippen MR) is 127 cm³/mol. The molecule has 36 heavy (non-hydrogen) atoms. The zero-order chi connectivity index (χ0) is 25.9. The third kappa shape index (κ3) is 3.46. The number of nitrogens with one attached hydrogen (secondary N) is 1. The van der Waals surface area contributed by atoms with E-state index in [9.17, 15) is 34.7 Å². The van der Waals surface area contributed by atoms with Crippen LogP contribution in [-0.2, 0) is 16.0 Å². The first kappa shape index (κ1) is 23.6. The topological polar surface area (TPSA) is 167 Å². The molecule has 5 rings (SSSR count). The van der Waals surface area contributed by atoms with Gasteiger partial charge in [0.05, 0.1) is 27.9 Å². The molecule has 0 aliphatic carbocycles. The quantitative estimate of drug-likeness (QED) is 0.244. The number of aromatic nitrogens is 2. The van der Waals surface area contributed by atoms with Crippen molar-refractivity contribution in [2.24, 2.45) is 11.8 Å². The van der Waals surface area contributed by atoms with E-state index in [1.54, 1.807) is 22.7 Å². The normalized spacial score (nSPS) is 21.9. The molecular weight excluding hydrogens is 490 g/mol. The van der Waals surface area contributed by atoms with Crippen LogP contribution in [-0.4, -0.2) is 66.4 Å². The fourth-order valence-electron chi connectivity index (χ4n) is 5.14. The number of imidazole rings is 1. The van der Waals surface area contributed by atoms with Crippen LogP contribution in [0.15, 0.2) is 42.5 Å². The van der Waals surface area contributed by atoms with E-state index in [1.807, 2.05) is 0 Å². The van der Waals surface area contributed by atoms with Gasteiger partial charge in [-0.3, -0.25) is 24.1 Å². The van der Waals surface area contributed by atoms with Gasteiger partial charge in [0.25, 0.3) is 11.6 Å². The van der Waals surface area contributed by atoms with Crippen molar-refractivity contribution in [2.75, 3.05) is 7.05 Å². The maximum Gasteiger partial charge on any atom is 0.352 e. The SMILES string of the molecule is CNC(=O)c1ncn2cc(C3=C(C(=O)O)N4C(=O)[C@H]([C@@H](C)O)[C@H]4C3Cc3ccc([N+](=O)[O-])cc3)sc12. The maximum absolute atomic E-state index is 12.9. The van der Waals surface area contributed by atoms with E-state index < -0.39 is 40.8 Å². The van der Waals surface area contributed by atoms with E-state index in [0.29, 0.717) is 20.8 Å². The van der Waals surface area contributed by atoms with Crippen LogP contribution in [0.3, 0.4) is 0 Å². The number of amides is 2. The van der Waals surface area contributed by atoms with Gasteiger partial charge in [-0.2, -0.15) is 0 Å². The van der Waals surface area contributed by atoms with Crippen molar-refractivity contribution in [1.29, 1.82) is 0 Å². The lowest BCUT2D eigenvalue weighted by molar-refractivity contribution is -0.384. The molecule has 2 amide bonds. The lowest BCUT2D eigenvalue weighted by Gasteiger charge is -2.47. The number of aliphatic carboxylic acids is 1. The Labute approximate surface area is 207 Å². The molecule has 1 saturated heterocycles. The lowest BCUT2D eigenvalue weighted by Crippen LogP contribution is -2.64. The number of thiazole rings is 1. The number of carbonyl (C=O) groups is 3. The minimum Gasteiger partial charge on any atom is -0.477 e. The summed E-state index contributed by atoms with van der Waals surface area (Å²) in [4.78, 5) is 54.6. The fraction of sp³-hybridized carbons (Fsp3) is 0.304. The molecule has 12 nitrogen and oxygen atoms in total. The average Bonchev–Trinajstić information content (AvgIpc) is 3.48. The summed E-state index contributed by atoms with van der Waals surface area (Å²) < 4.78 is 1.63. The molecule has 4 heterocycles. The first-order valence-corrected chi connectivity index (χ1v) is 11.9. The molecule has 0 radical (unpaired) electrons. The number of benzene rings is 1. The number of fused-ring (bicyclic) bond motifs is 2. The van der Waals surface area contributed by atoms with Crippen LogP contribution in [0, 0.1) is 22.0 Å². The number of β-lactam (4-membered cyclic amide) rings is 1. The van der Waals surface area contributed by atoms with Crippen molar-refractivity contribution in [2.45, 2.75) is 25.5 Å². The van der Waals surface area contributed by atoms with Gasteiger partial charge in [-0.25, -0.2) is 9.78 Å². The van der Waals surface area contributed by atoms with Crippen LogP contribution < -0.4 is 5.32 Å². The van der Waals surface area contributed by atoms with Gasteiger partial charge in [-0.15, -0.1) is 11.3 Å². The summed E-state index contributed by atoms with van der Waals surface area (Å²) in [5, 5.41) is 34.0. The maximum atomic E-state index is 12.9. The van der Waals surface area contributed by atoms with Gasteiger partial charge < -0.3 is 20.4 Å². The molecule has 1 fully saturated rings. The molecule has 0 spiro atoms. The average molecular weight is 512 g/mol. The van der Waals surface area contributed by atoms with Crippen molar-refractivity contribution < 1.29 is 29.5 Å². The van der Waals surface area contributed by atoms with Crippen LogP contribution in [0.25, 0.3) is 10.4 Å². The number of carbonyl (C=O) groups excluding carboxylic acids is 2. The van der Waals surface area contributed by atoms with Gasteiger partial charge in [0.15, 0.2) is 5.69 Å². The van der Waals surface area contributed by atoms with Gasteiger partial charge in [-0.1, -0.05) is 12.1 Å². The van der Waals surface area contributed by atoms with E-state index in [-0.39, 0.29) is 29.4 Å². The molecule has 0 saturated carbocycles. The van der Waals surface area contributed by atoms with Crippen LogP contribution in [0.1, 0.15) is 27.9 Å². The summed E-state index contributed by atoms with van der Waals surface area (Å²) in [6, 6.07) is 5.36. The van der Waals surface area contributed by atoms with Gasteiger partial charge in [0.1, 0.15) is 16.9 Å². The Morgan fingerprint density at radius 1 is 1.31 bits per heavy atom. The van der Waals surface area contributed by atoms with Crippen molar-refractivity contribution in [3.63, 3.8) is 0 Å². The Morgan fingerprint density at radius 3 is 2.58 bits per heavy atom. The molecule has 3 aromatic rings. The number of non-ortho nitro benzene ring substituents is 1. The minimum absolute atomic E-state index is 0.0721. The number of nitro groups is 1. The molecular formula is C23H21N5O7S. The van der Waals surface area contributed by atoms with Crippen molar-refractivity contribution in [3.05, 3.63) is 68.7 Å². The number of carboxylic acid groups (broad SMARTS) is 1. The van der Waals surface area contributed by atoms with Gasteiger partial charge in [0, 0.05) is 36.9 Å². The number of rotatable bonds is 7. The van der Waals surface area contributed by atoms with Gasteiger partial charge >= 0.3 is 5.97 Å². The van der Waals surface area contributed by atoms with Crippen LogP contribution in [0.4, 0.5) is 5.69 Å². The molecule has 0 bridgehead atoms. The Bertz CT molecular complexity index is 1460. The van der Waals surface area contributed by atoms with Crippen LogP contribution in [0.2, 0.25) is 0 Å². The Morgan fingerprint density at radius 2 is 2.00 bits per heavy atom. The van der Waals surface area contributed by atoms with E-state index in [2.05, 4.69) is 10.3 Å². The van der Waals surface area contributed by atoms with Crippen molar-refractivity contribution >= 4 is 45.2 Å². The fourth-order valence-corrected chi connectivity index (χ4v) is 6.32. The zero-order valence-corrected chi connectivity index (χ0v) is 19.9. The summed E-state index contributed by atoms with van der Waals surface area (Å²) in [7, 11) is 1.48. The highest BCUT2D eigenvalue weighted by Crippen LogP contribution is 2.52. The van der Waals surface area contributed by atoms with Crippen molar-refractivity contribution in [3.8, 4) is 0 Å². The van der Waals surface area contributed by atoms with Gasteiger partial charge in [-0.05, 0) is 18.9 Å². The molecule has 4 atom stereocenters. The monoisotopic (exact) mass is 511 g/mol. The number of hydrogen-bond donors (Lipinski definition) is 3. The molecule has 3 N–H and O–H groups in total. The molecule has 186 valence electrons. The highest BCUT2D eigenvalue weighted by Gasteiger charge is 2.61. The number of aliphatic hydroxyl groups excluding tert-OH is 1. The van der Waals surface area contributed by atoms with Crippen LogP contribution in [0.5, 0.6) is 0 Å². The van der Waals surface area contributed by atoms with E-state index in [1.165, 1.54) is 48.7 Å². The highest BCUT2D eigenvalue weighted by atomic mass is 32.1. The van der Waals surface area contributed by atoms with Crippen molar-refractivity contribution in [1.82, 2.24) is 19.6 Å². The van der Waals surface area contributed by atoms with E-state index in [0.717, 1.165) is 0 Å². The predicted octanol–water partition coefficient (Wildman–Crippen LogP) is 1.54. The number of hydrogen-bond acceptors (Lipinski definition) is 8. The standard InChI is InChI=1S/C23H21N5O7S/c1-10(29)15-18-13(7-11-3-5-12(6-4-11)28(34)35)16(19(23(32)33)27(18)21(15)31)14-8-26-9-25-17(20(30)24-2)22(26)36-14/h3-6,8-10,13,15,18,29H,7H2,1-2H3,(H,24,30)(H,32,33)/t10-,13?,15-,18-/m1/s1. The molecule has 2 aromatic heterocycles.